The zero-order chi connectivity index (χ0) is 18.1. The Balaban J connectivity index is 1.39. The third kappa shape index (κ3) is 3.66. The van der Waals surface area contributed by atoms with E-state index in [1.54, 1.807) is 0 Å². The summed E-state index contributed by atoms with van der Waals surface area (Å²) in [6, 6.07) is 4.78. The smallest absolute Gasteiger partial charge is 0.221 e. The quantitative estimate of drug-likeness (QED) is 0.882. The Bertz CT molecular complexity index is 801. The molecular weight excluding hydrogens is 322 g/mol. The molecule has 1 aliphatic heterocycles. The molecule has 4 heteroatoms. The van der Waals surface area contributed by atoms with Crippen molar-refractivity contribution in [3.05, 3.63) is 34.5 Å². The van der Waals surface area contributed by atoms with Crippen LogP contribution in [0.15, 0.2) is 12.1 Å². The van der Waals surface area contributed by atoms with Crippen molar-refractivity contribution >= 4 is 16.8 Å². The third-order valence-electron chi connectivity index (χ3n) is 6.09. The lowest BCUT2D eigenvalue weighted by Gasteiger charge is -2.27. The van der Waals surface area contributed by atoms with Crippen LogP contribution in [0.25, 0.3) is 10.9 Å². The maximum Gasteiger partial charge on any atom is 0.221 e. The summed E-state index contributed by atoms with van der Waals surface area (Å²) in [7, 11) is 0. The summed E-state index contributed by atoms with van der Waals surface area (Å²) in [5.74, 6) is 0.219. The largest absolute Gasteiger partial charge is 0.358 e. The van der Waals surface area contributed by atoms with Crippen molar-refractivity contribution in [2.75, 3.05) is 19.6 Å². The molecule has 140 valence electrons. The van der Waals surface area contributed by atoms with E-state index in [4.69, 9.17) is 0 Å². The van der Waals surface area contributed by atoms with E-state index in [-0.39, 0.29) is 11.9 Å². The number of carbonyl (C=O) groups is 1. The number of fused-ring (bicyclic) bond motifs is 3. The monoisotopic (exact) mass is 353 g/mol. The zero-order valence-electron chi connectivity index (χ0n) is 16.2. The van der Waals surface area contributed by atoms with Gasteiger partial charge in [0.2, 0.25) is 5.91 Å². The Morgan fingerprint density at radius 2 is 2.04 bits per heavy atom. The molecule has 1 aromatic heterocycles. The van der Waals surface area contributed by atoms with Crippen LogP contribution >= 0.6 is 0 Å². The van der Waals surface area contributed by atoms with Gasteiger partial charge in [-0.2, -0.15) is 0 Å². The van der Waals surface area contributed by atoms with E-state index in [0.717, 1.165) is 38.9 Å². The van der Waals surface area contributed by atoms with E-state index in [9.17, 15) is 4.79 Å². The molecular formula is C22H31N3O. The van der Waals surface area contributed by atoms with Crippen molar-refractivity contribution in [1.82, 2.24) is 15.2 Å². The maximum atomic E-state index is 12.4. The maximum absolute atomic E-state index is 12.4. The van der Waals surface area contributed by atoms with Gasteiger partial charge in [0.25, 0.3) is 0 Å². The molecule has 1 unspecified atom stereocenters. The molecule has 2 heterocycles. The number of rotatable bonds is 4. The zero-order valence-corrected chi connectivity index (χ0v) is 16.2. The molecule has 1 aromatic carbocycles. The molecule has 1 aliphatic carbocycles. The predicted molar refractivity (Wildman–Crippen MR) is 107 cm³/mol. The lowest BCUT2D eigenvalue weighted by atomic mass is 9.90. The SMILES string of the molecule is Cc1cc(C)c2c3c([nH]c2c1)CCC(NC(=O)CCN1CCCCC1)C3. The van der Waals surface area contributed by atoms with Crippen LogP contribution in [0.1, 0.15) is 54.5 Å². The van der Waals surface area contributed by atoms with E-state index < -0.39 is 0 Å². The minimum Gasteiger partial charge on any atom is -0.358 e. The molecule has 2 aromatic rings. The fraction of sp³-hybridized carbons (Fsp3) is 0.591. The lowest BCUT2D eigenvalue weighted by Crippen LogP contribution is -2.40. The highest BCUT2D eigenvalue weighted by Crippen LogP contribution is 2.32. The van der Waals surface area contributed by atoms with Crippen LogP contribution in [0.3, 0.4) is 0 Å². The highest BCUT2D eigenvalue weighted by Gasteiger charge is 2.24. The lowest BCUT2D eigenvalue weighted by molar-refractivity contribution is -0.122. The predicted octanol–water partition coefficient (Wildman–Crippen LogP) is 3.63. The topological polar surface area (TPSA) is 48.1 Å². The molecule has 4 rings (SSSR count). The first-order chi connectivity index (χ1) is 12.6. The van der Waals surface area contributed by atoms with Crippen LogP contribution in [-0.2, 0) is 17.6 Å². The number of benzene rings is 1. The molecule has 2 aliphatic rings. The first kappa shape index (κ1) is 17.6. The number of nitrogens with zero attached hydrogens (tertiary/aromatic N) is 1. The number of aryl methyl sites for hydroxylation is 3. The van der Waals surface area contributed by atoms with Gasteiger partial charge in [-0.25, -0.2) is 0 Å². The summed E-state index contributed by atoms with van der Waals surface area (Å²) in [6.07, 6.45) is 7.56. The van der Waals surface area contributed by atoms with E-state index in [0.29, 0.717) is 6.42 Å². The second-order valence-electron chi connectivity index (χ2n) is 8.25. The third-order valence-corrected chi connectivity index (χ3v) is 6.09. The van der Waals surface area contributed by atoms with Gasteiger partial charge in [-0.1, -0.05) is 12.5 Å². The molecule has 0 spiro atoms. The van der Waals surface area contributed by atoms with E-state index in [2.05, 4.69) is 41.2 Å². The molecule has 1 amide bonds. The molecule has 4 nitrogen and oxygen atoms in total. The van der Waals surface area contributed by atoms with Gasteiger partial charge in [-0.3, -0.25) is 4.79 Å². The van der Waals surface area contributed by atoms with Crippen molar-refractivity contribution in [2.24, 2.45) is 0 Å². The summed E-state index contributed by atoms with van der Waals surface area (Å²) in [4.78, 5) is 18.5. The normalized spacial score (nSPS) is 20.9. The number of nitrogens with one attached hydrogen (secondary N) is 2. The molecule has 0 saturated carbocycles. The van der Waals surface area contributed by atoms with Crippen LogP contribution in [0.4, 0.5) is 0 Å². The second-order valence-corrected chi connectivity index (χ2v) is 8.25. The average molecular weight is 354 g/mol. The number of aromatic amines is 1. The van der Waals surface area contributed by atoms with Crippen LogP contribution in [-0.4, -0.2) is 41.5 Å². The van der Waals surface area contributed by atoms with Crippen molar-refractivity contribution in [3.8, 4) is 0 Å². The van der Waals surface area contributed by atoms with Crippen LogP contribution < -0.4 is 5.32 Å². The Labute approximate surface area is 156 Å². The van der Waals surface area contributed by atoms with Gasteiger partial charge in [0.15, 0.2) is 0 Å². The number of carbonyl (C=O) groups excluding carboxylic acids is 1. The molecule has 26 heavy (non-hydrogen) atoms. The molecule has 1 fully saturated rings. The summed E-state index contributed by atoms with van der Waals surface area (Å²) in [5.41, 5.74) is 6.69. The van der Waals surface area contributed by atoms with Crippen molar-refractivity contribution in [1.29, 1.82) is 0 Å². The molecule has 2 N–H and O–H groups in total. The van der Waals surface area contributed by atoms with Crippen molar-refractivity contribution in [2.45, 2.75) is 64.8 Å². The van der Waals surface area contributed by atoms with Crippen LogP contribution in [0.2, 0.25) is 0 Å². The van der Waals surface area contributed by atoms with Gasteiger partial charge in [-0.05, 0) is 81.8 Å². The van der Waals surface area contributed by atoms with Gasteiger partial charge in [0.05, 0.1) is 0 Å². The van der Waals surface area contributed by atoms with Gasteiger partial charge >= 0.3 is 0 Å². The highest BCUT2D eigenvalue weighted by molar-refractivity contribution is 5.89. The van der Waals surface area contributed by atoms with Crippen LogP contribution in [0, 0.1) is 13.8 Å². The van der Waals surface area contributed by atoms with Crippen molar-refractivity contribution in [3.63, 3.8) is 0 Å². The summed E-state index contributed by atoms with van der Waals surface area (Å²) in [5, 5.41) is 4.68. The second kappa shape index (κ2) is 7.43. The minimum atomic E-state index is 0.219. The Kier molecular flexibility index (Phi) is 5.03. The fourth-order valence-corrected chi connectivity index (χ4v) is 4.83. The highest BCUT2D eigenvalue weighted by atomic mass is 16.1. The number of H-pyrrole nitrogens is 1. The first-order valence-corrected chi connectivity index (χ1v) is 10.2. The van der Waals surface area contributed by atoms with Crippen LogP contribution in [0.5, 0.6) is 0 Å². The average Bonchev–Trinajstić information content (AvgIpc) is 2.98. The van der Waals surface area contributed by atoms with Gasteiger partial charge in [0, 0.05) is 35.6 Å². The Morgan fingerprint density at radius 1 is 1.23 bits per heavy atom. The number of piperidine rings is 1. The summed E-state index contributed by atoms with van der Waals surface area (Å²) in [6.45, 7) is 7.58. The van der Waals surface area contributed by atoms with E-state index >= 15 is 0 Å². The number of aromatic nitrogens is 1. The summed E-state index contributed by atoms with van der Waals surface area (Å²) < 4.78 is 0. The fourth-order valence-electron chi connectivity index (χ4n) is 4.83. The van der Waals surface area contributed by atoms with Crippen molar-refractivity contribution < 1.29 is 4.79 Å². The number of amides is 1. The molecule has 1 saturated heterocycles. The standard InChI is InChI=1S/C22H31N3O/c1-15-12-16(2)22-18-14-17(6-7-19(18)24-20(22)13-15)23-21(26)8-11-25-9-4-3-5-10-25/h12-13,17,24H,3-11,14H2,1-2H3,(H,23,26). The Hall–Kier alpha value is -1.81. The van der Waals surface area contributed by atoms with E-state index in [1.165, 1.54) is 52.5 Å². The minimum absolute atomic E-state index is 0.219. The van der Waals surface area contributed by atoms with Gasteiger partial charge in [0.1, 0.15) is 0 Å². The molecule has 0 bridgehead atoms. The number of likely N-dealkylation sites (tertiary alicyclic amines) is 1. The summed E-state index contributed by atoms with van der Waals surface area (Å²) >= 11 is 0. The van der Waals surface area contributed by atoms with E-state index in [1.807, 2.05) is 0 Å². The molecule has 1 atom stereocenters. The van der Waals surface area contributed by atoms with Gasteiger partial charge < -0.3 is 15.2 Å². The number of hydrogen-bond acceptors (Lipinski definition) is 2. The van der Waals surface area contributed by atoms with Gasteiger partial charge in [-0.15, -0.1) is 0 Å². The first-order valence-electron chi connectivity index (χ1n) is 10.2. The Morgan fingerprint density at radius 3 is 2.85 bits per heavy atom. The molecule has 0 radical (unpaired) electrons. The number of hydrogen-bond donors (Lipinski definition) is 2.